The van der Waals surface area contributed by atoms with Crippen LogP contribution in [0.1, 0.15) is 48.9 Å². The fraction of sp³-hybridized carbons (Fsp3) is 0.333. The number of piperidine rings is 1. The van der Waals surface area contributed by atoms with Gasteiger partial charge in [-0.1, -0.05) is 18.6 Å². The molecule has 0 radical (unpaired) electrons. The highest BCUT2D eigenvalue weighted by molar-refractivity contribution is 5.92. The van der Waals surface area contributed by atoms with E-state index < -0.39 is 17.4 Å². The first kappa shape index (κ1) is 22.1. The Morgan fingerprint density at radius 2 is 1.88 bits per heavy atom. The van der Waals surface area contributed by atoms with E-state index >= 15 is 0 Å². The lowest BCUT2D eigenvalue weighted by atomic mass is 9.93. The number of likely N-dealkylation sites (tertiary alicyclic amines) is 1. The predicted molar refractivity (Wildman–Crippen MR) is 115 cm³/mol. The third kappa shape index (κ3) is 4.85. The summed E-state index contributed by atoms with van der Waals surface area (Å²) in [6.45, 7) is 2.64. The van der Waals surface area contributed by atoms with E-state index in [9.17, 15) is 22.8 Å². The number of carbonyl (C=O) groups is 1. The highest BCUT2D eigenvalue weighted by atomic mass is 19.4. The minimum Gasteiger partial charge on any atom is -0.423 e. The Hall–Kier alpha value is -3.13. The molecule has 0 saturated carbocycles. The number of alkyl halides is 3. The predicted octanol–water partition coefficient (Wildman–Crippen LogP) is 5.50. The van der Waals surface area contributed by atoms with Crippen molar-refractivity contribution in [3.63, 3.8) is 0 Å². The monoisotopic (exact) mass is 444 g/mol. The molecule has 8 heteroatoms. The second kappa shape index (κ2) is 8.78. The van der Waals surface area contributed by atoms with Gasteiger partial charge in [0.15, 0.2) is 0 Å². The molecule has 1 saturated heterocycles. The van der Waals surface area contributed by atoms with E-state index in [1.807, 2.05) is 0 Å². The van der Waals surface area contributed by atoms with Gasteiger partial charge in [0.1, 0.15) is 5.58 Å². The summed E-state index contributed by atoms with van der Waals surface area (Å²) in [5.74, 6) is -0.226. The van der Waals surface area contributed by atoms with E-state index in [4.69, 9.17) is 4.42 Å². The van der Waals surface area contributed by atoms with Gasteiger partial charge >= 0.3 is 11.8 Å². The Kier molecular flexibility index (Phi) is 6.06. The van der Waals surface area contributed by atoms with Crippen LogP contribution >= 0.6 is 0 Å². The van der Waals surface area contributed by atoms with Gasteiger partial charge in [0.05, 0.1) is 5.56 Å². The summed E-state index contributed by atoms with van der Waals surface area (Å²) in [7, 11) is 0. The average Bonchev–Trinajstić information content (AvgIpc) is 2.73. The zero-order valence-electron chi connectivity index (χ0n) is 17.5. The third-order valence-corrected chi connectivity index (χ3v) is 5.76. The normalized spacial score (nSPS) is 17.4. The third-order valence-electron chi connectivity index (χ3n) is 5.76. The fourth-order valence-corrected chi connectivity index (χ4v) is 4.31. The lowest BCUT2D eigenvalue weighted by Crippen LogP contribution is -2.33. The van der Waals surface area contributed by atoms with E-state index in [0.29, 0.717) is 17.8 Å². The molecule has 0 spiro atoms. The van der Waals surface area contributed by atoms with Crippen LogP contribution in [0.5, 0.6) is 0 Å². The van der Waals surface area contributed by atoms with E-state index in [1.165, 1.54) is 13.0 Å². The van der Waals surface area contributed by atoms with Crippen molar-refractivity contribution in [3.8, 4) is 0 Å². The number of amides is 1. The number of nitrogens with zero attached hydrogens (tertiary/aromatic N) is 1. The Morgan fingerprint density at radius 1 is 1.12 bits per heavy atom. The van der Waals surface area contributed by atoms with Crippen LogP contribution in [0.2, 0.25) is 0 Å². The van der Waals surface area contributed by atoms with Gasteiger partial charge in [-0.25, -0.2) is 4.79 Å². The van der Waals surface area contributed by atoms with Crippen LogP contribution in [0.4, 0.5) is 18.9 Å². The molecular formula is C24H23F3N2O3. The molecule has 1 amide bonds. The number of hydrogen-bond donors (Lipinski definition) is 1. The smallest absolute Gasteiger partial charge is 0.416 e. The van der Waals surface area contributed by atoms with Crippen molar-refractivity contribution in [1.82, 2.24) is 4.90 Å². The van der Waals surface area contributed by atoms with Crippen LogP contribution < -0.4 is 10.9 Å². The Labute approximate surface area is 182 Å². The molecule has 0 aliphatic carbocycles. The summed E-state index contributed by atoms with van der Waals surface area (Å²) < 4.78 is 44.2. The van der Waals surface area contributed by atoms with Gasteiger partial charge in [-0.3, -0.25) is 9.69 Å². The Morgan fingerprint density at radius 3 is 2.56 bits per heavy atom. The number of benzene rings is 2. The quantitative estimate of drug-likeness (QED) is 0.540. The number of anilines is 1. The van der Waals surface area contributed by atoms with E-state index in [0.717, 1.165) is 54.5 Å². The first-order valence-electron chi connectivity index (χ1n) is 10.5. The molecule has 1 fully saturated rings. The molecule has 1 aromatic heterocycles. The van der Waals surface area contributed by atoms with Gasteiger partial charge in [0.2, 0.25) is 5.91 Å². The molecular weight excluding hydrogens is 421 g/mol. The van der Waals surface area contributed by atoms with Crippen LogP contribution in [-0.4, -0.2) is 17.4 Å². The maximum atomic E-state index is 12.9. The Balaban J connectivity index is 1.64. The molecule has 1 aliphatic rings. The van der Waals surface area contributed by atoms with Crippen molar-refractivity contribution in [2.45, 2.75) is 44.9 Å². The zero-order chi connectivity index (χ0) is 22.9. The lowest BCUT2D eigenvalue weighted by Gasteiger charge is -2.36. The number of fused-ring (bicyclic) bond motifs is 1. The molecule has 32 heavy (non-hydrogen) atoms. The standard InChI is InChI=1S/C24H23F3N2O3/c1-15(30)28-19-9-10-20-17(12-23(31)32-22(20)13-19)14-29-11-3-2-4-21(29)16-5-7-18(8-6-16)24(25,26)27/h5-10,12-13,21H,2-4,11,14H2,1H3,(H,28,30). The SMILES string of the molecule is CC(=O)Nc1ccc2c(CN3CCCCC3c3ccc(C(F)(F)F)cc3)cc(=O)oc2c1. The van der Waals surface area contributed by atoms with Crippen molar-refractivity contribution < 1.29 is 22.4 Å². The number of hydrogen-bond acceptors (Lipinski definition) is 4. The molecule has 1 N–H and O–H groups in total. The van der Waals surface area contributed by atoms with Crippen LogP contribution in [0, 0.1) is 0 Å². The van der Waals surface area contributed by atoms with Crippen molar-refractivity contribution in [2.24, 2.45) is 0 Å². The largest absolute Gasteiger partial charge is 0.423 e. The zero-order valence-corrected chi connectivity index (χ0v) is 17.5. The molecule has 1 atom stereocenters. The molecule has 3 aromatic rings. The van der Waals surface area contributed by atoms with Gasteiger partial charge in [-0.15, -0.1) is 0 Å². The summed E-state index contributed by atoms with van der Waals surface area (Å²) in [5, 5.41) is 3.43. The first-order chi connectivity index (χ1) is 15.2. The van der Waals surface area contributed by atoms with Crippen LogP contribution in [-0.2, 0) is 17.5 Å². The number of nitrogens with one attached hydrogen (secondary N) is 1. The van der Waals surface area contributed by atoms with Gasteiger partial charge < -0.3 is 9.73 Å². The van der Waals surface area contributed by atoms with Crippen LogP contribution in [0.3, 0.4) is 0 Å². The maximum absolute atomic E-state index is 12.9. The van der Waals surface area contributed by atoms with E-state index in [1.54, 1.807) is 30.3 Å². The summed E-state index contributed by atoms with van der Waals surface area (Å²) in [5.41, 5.74) is 1.37. The summed E-state index contributed by atoms with van der Waals surface area (Å²) in [6.07, 6.45) is -1.57. The lowest BCUT2D eigenvalue weighted by molar-refractivity contribution is -0.137. The summed E-state index contributed by atoms with van der Waals surface area (Å²) in [6, 6.07) is 11.9. The van der Waals surface area contributed by atoms with Crippen molar-refractivity contribution >= 4 is 22.6 Å². The summed E-state index contributed by atoms with van der Waals surface area (Å²) >= 11 is 0. The molecule has 1 aliphatic heterocycles. The minimum atomic E-state index is -4.36. The number of rotatable bonds is 4. The van der Waals surface area contributed by atoms with Gasteiger partial charge in [-0.2, -0.15) is 13.2 Å². The van der Waals surface area contributed by atoms with Crippen molar-refractivity contribution in [2.75, 3.05) is 11.9 Å². The van der Waals surface area contributed by atoms with E-state index in [2.05, 4.69) is 10.2 Å². The van der Waals surface area contributed by atoms with E-state index in [-0.39, 0.29) is 11.9 Å². The van der Waals surface area contributed by atoms with Crippen LogP contribution in [0.15, 0.2) is 57.7 Å². The molecule has 4 rings (SSSR count). The van der Waals surface area contributed by atoms with Crippen molar-refractivity contribution in [3.05, 3.63) is 75.6 Å². The molecule has 2 heterocycles. The molecule has 1 unspecified atom stereocenters. The highest BCUT2D eigenvalue weighted by Gasteiger charge is 2.31. The van der Waals surface area contributed by atoms with Gasteiger partial charge in [0, 0.05) is 42.7 Å². The molecule has 168 valence electrons. The highest BCUT2D eigenvalue weighted by Crippen LogP contribution is 2.35. The van der Waals surface area contributed by atoms with Gasteiger partial charge in [0.25, 0.3) is 0 Å². The fourth-order valence-electron chi connectivity index (χ4n) is 4.31. The van der Waals surface area contributed by atoms with Gasteiger partial charge in [-0.05, 0) is 54.8 Å². The van der Waals surface area contributed by atoms with Crippen molar-refractivity contribution in [1.29, 1.82) is 0 Å². The first-order valence-corrected chi connectivity index (χ1v) is 10.5. The van der Waals surface area contributed by atoms with Crippen LogP contribution in [0.25, 0.3) is 11.0 Å². The Bertz CT molecular complexity index is 1190. The average molecular weight is 444 g/mol. The number of carbonyl (C=O) groups excluding carboxylic acids is 1. The molecule has 0 bridgehead atoms. The summed E-state index contributed by atoms with van der Waals surface area (Å²) in [4.78, 5) is 25.7. The number of halogens is 3. The maximum Gasteiger partial charge on any atom is 0.416 e. The second-order valence-electron chi connectivity index (χ2n) is 8.08. The minimum absolute atomic E-state index is 0.0352. The topological polar surface area (TPSA) is 62.6 Å². The molecule has 2 aromatic carbocycles. The molecule has 5 nitrogen and oxygen atoms in total. The second-order valence-corrected chi connectivity index (χ2v) is 8.08.